The normalized spacial score (nSPS) is 28.1. The van der Waals surface area contributed by atoms with Gasteiger partial charge in [-0.2, -0.15) is 0 Å². The van der Waals surface area contributed by atoms with Crippen molar-refractivity contribution in [2.45, 2.75) is 72.3 Å². The Kier molecular flexibility index (Phi) is 4.82. The summed E-state index contributed by atoms with van der Waals surface area (Å²) < 4.78 is 0. The van der Waals surface area contributed by atoms with E-state index in [1.54, 1.807) is 0 Å². The van der Waals surface area contributed by atoms with E-state index in [-0.39, 0.29) is 5.41 Å². The van der Waals surface area contributed by atoms with Crippen molar-refractivity contribution in [3.63, 3.8) is 0 Å². The van der Waals surface area contributed by atoms with Crippen LogP contribution in [0, 0.1) is 11.3 Å². The zero-order valence-electron chi connectivity index (χ0n) is 11.4. The summed E-state index contributed by atoms with van der Waals surface area (Å²) in [4.78, 5) is 4.70. The van der Waals surface area contributed by atoms with Gasteiger partial charge in [-0.3, -0.25) is 4.99 Å². The smallest absolute Gasteiger partial charge is 0.0994 e. The molecule has 0 amide bonds. The molecule has 0 aromatic heterocycles. The minimum Gasteiger partial charge on any atom is -0.387 e. The van der Waals surface area contributed by atoms with E-state index in [1.807, 2.05) is 0 Å². The summed E-state index contributed by atoms with van der Waals surface area (Å²) in [5.41, 5.74) is 6.05. The molecule has 1 rings (SSSR count). The lowest BCUT2D eigenvalue weighted by Crippen LogP contribution is -2.31. The van der Waals surface area contributed by atoms with Gasteiger partial charge >= 0.3 is 0 Å². The molecule has 0 aromatic rings. The van der Waals surface area contributed by atoms with Crippen molar-refractivity contribution in [1.29, 1.82) is 0 Å². The Balaban J connectivity index is 2.43. The van der Waals surface area contributed by atoms with Crippen molar-refractivity contribution >= 4 is 5.84 Å². The topological polar surface area (TPSA) is 38.4 Å². The van der Waals surface area contributed by atoms with Gasteiger partial charge in [0.05, 0.1) is 11.9 Å². The Labute approximate surface area is 101 Å². The van der Waals surface area contributed by atoms with E-state index < -0.39 is 0 Å². The average molecular weight is 224 g/mol. The number of hydrogen-bond acceptors (Lipinski definition) is 1. The van der Waals surface area contributed by atoms with Crippen LogP contribution >= 0.6 is 0 Å². The molecule has 94 valence electrons. The Bertz CT molecular complexity index is 230. The van der Waals surface area contributed by atoms with E-state index in [9.17, 15) is 0 Å². The molecule has 0 aliphatic heterocycles. The van der Waals surface area contributed by atoms with E-state index in [0.717, 1.165) is 11.8 Å². The molecule has 0 bridgehead atoms. The maximum absolute atomic E-state index is 6.02. The molecule has 0 radical (unpaired) electrons. The van der Waals surface area contributed by atoms with Crippen molar-refractivity contribution in [1.82, 2.24) is 0 Å². The van der Waals surface area contributed by atoms with Crippen LogP contribution in [0.3, 0.4) is 0 Å². The monoisotopic (exact) mass is 224 g/mol. The lowest BCUT2D eigenvalue weighted by Gasteiger charge is -2.28. The van der Waals surface area contributed by atoms with Crippen molar-refractivity contribution in [2.24, 2.45) is 22.1 Å². The minimum absolute atomic E-state index is 0.0280. The summed E-state index contributed by atoms with van der Waals surface area (Å²) in [5, 5.41) is 0. The van der Waals surface area contributed by atoms with Crippen LogP contribution in [0.1, 0.15) is 66.2 Å². The van der Waals surface area contributed by atoms with Gasteiger partial charge < -0.3 is 5.73 Å². The average Bonchev–Trinajstić information content (AvgIpc) is 2.20. The zero-order valence-corrected chi connectivity index (χ0v) is 11.4. The van der Waals surface area contributed by atoms with Crippen LogP contribution in [0.2, 0.25) is 0 Å². The number of nitrogens with zero attached hydrogens (tertiary/aromatic N) is 1. The van der Waals surface area contributed by atoms with Crippen LogP contribution < -0.4 is 5.73 Å². The fourth-order valence-electron chi connectivity index (χ4n) is 2.36. The lowest BCUT2D eigenvalue weighted by atomic mass is 9.83. The summed E-state index contributed by atoms with van der Waals surface area (Å²) in [6.45, 7) is 8.68. The third-order valence-corrected chi connectivity index (χ3v) is 3.60. The first-order chi connectivity index (χ1) is 7.43. The first kappa shape index (κ1) is 13.5. The maximum atomic E-state index is 6.02. The Hall–Kier alpha value is -0.530. The fourth-order valence-corrected chi connectivity index (χ4v) is 2.36. The molecule has 0 spiro atoms. The summed E-state index contributed by atoms with van der Waals surface area (Å²) >= 11 is 0. The quantitative estimate of drug-likeness (QED) is 0.575. The summed E-state index contributed by atoms with van der Waals surface area (Å²) in [6, 6.07) is 0.493. The summed E-state index contributed by atoms with van der Waals surface area (Å²) in [5.74, 6) is 1.78. The molecule has 16 heavy (non-hydrogen) atoms. The van der Waals surface area contributed by atoms with Crippen LogP contribution in [0.4, 0.5) is 0 Å². The maximum Gasteiger partial charge on any atom is 0.0994 e. The van der Waals surface area contributed by atoms with E-state index in [1.165, 1.54) is 38.5 Å². The Morgan fingerprint density at radius 1 is 1.19 bits per heavy atom. The minimum atomic E-state index is 0.0280. The third-order valence-electron chi connectivity index (χ3n) is 3.60. The predicted molar refractivity (Wildman–Crippen MR) is 71.7 cm³/mol. The second-order valence-electron chi connectivity index (χ2n) is 6.23. The molecule has 1 aliphatic rings. The van der Waals surface area contributed by atoms with Gasteiger partial charge in [0.15, 0.2) is 0 Å². The highest BCUT2D eigenvalue weighted by Gasteiger charge is 2.22. The van der Waals surface area contributed by atoms with Crippen molar-refractivity contribution in [2.75, 3.05) is 0 Å². The second kappa shape index (κ2) is 5.70. The number of amidine groups is 1. The molecule has 1 fully saturated rings. The highest BCUT2D eigenvalue weighted by Crippen LogP contribution is 2.30. The molecular weight excluding hydrogens is 196 g/mol. The summed E-state index contributed by atoms with van der Waals surface area (Å²) in [6.07, 6.45) is 7.88. The van der Waals surface area contributed by atoms with Crippen molar-refractivity contribution in [3.8, 4) is 0 Å². The first-order valence-electron chi connectivity index (χ1n) is 6.77. The van der Waals surface area contributed by atoms with Gasteiger partial charge in [-0.25, -0.2) is 0 Å². The molecule has 0 saturated heterocycles. The highest BCUT2D eigenvalue weighted by atomic mass is 14.9. The number of rotatable bonds is 3. The van der Waals surface area contributed by atoms with Crippen molar-refractivity contribution < 1.29 is 0 Å². The molecular formula is C14H28N2. The Morgan fingerprint density at radius 2 is 1.75 bits per heavy atom. The number of nitrogens with two attached hydrogens (primary N) is 1. The first-order valence-corrected chi connectivity index (χ1v) is 6.77. The summed E-state index contributed by atoms with van der Waals surface area (Å²) in [7, 11) is 0. The molecule has 1 aliphatic carbocycles. The third kappa shape index (κ3) is 4.15. The molecule has 0 heterocycles. The van der Waals surface area contributed by atoms with Crippen LogP contribution in [0.5, 0.6) is 0 Å². The molecule has 0 atom stereocenters. The SMILES string of the molecule is CCCC1CCC(N=C(N)C(C)(C)C)CC1. The van der Waals surface area contributed by atoms with Gasteiger partial charge in [0.2, 0.25) is 0 Å². The van der Waals surface area contributed by atoms with Gasteiger partial charge in [-0.1, -0.05) is 40.5 Å². The van der Waals surface area contributed by atoms with Crippen LogP contribution in [-0.2, 0) is 0 Å². The fraction of sp³-hybridized carbons (Fsp3) is 0.929. The van der Waals surface area contributed by atoms with Crippen molar-refractivity contribution in [3.05, 3.63) is 0 Å². The van der Waals surface area contributed by atoms with Gasteiger partial charge in [-0.05, 0) is 31.6 Å². The highest BCUT2D eigenvalue weighted by molar-refractivity contribution is 5.85. The molecule has 2 heteroatoms. The number of aliphatic imine (C=N–C) groups is 1. The van der Waals surface area contributed by atoms with E-state index >= 15 is 0 Å². The molecule has 0 unspecified atom stereocenters. The van der Waals surface area contributed by atoms with E-state index in [2.05, 4.69) is 27.7 Å². The predicted octanol–water partition coefficient (Wildman–Crippen LogP) is 3.75. The Morgan fingerprint density at radius 3 is 2.19 bits per heavy atom. The number of hydrogen-bond donors (Lipinski definition) is 1. The zero-order chi connectivity index (χ0) is 12.2. The molecule has 0 aromatic carbocycles. The van der Waals surface area contributed by atoms with Gasteiger partial charge in [0.25, 0.3) is 0 Å². The largest absolute Gasteiger partial charge is 0.387 e. The van der Waals surface area contributed by atoms with Crippen LogP contribution in [0.15, 0.2) is 4.99 Å². The second-order valence-corrected chi connectivity index (χ2v) is 6.23. The van der Waals surface area contributed by atoms with Gasteiger partial charge in [0.1, 0.15) is 0 Å². The lowest BCUT2D eigenvalue weighted by molar-refractivity contribution is 0.308. The molecule has 2 N–H and O–H groups in total. The molecule has 2 nitrogen and oxygen atoms in total. The van der Waals surface area contributed by atoms with E-state index in [0.29, 0.717) is 6.04 Å². The molecule has 1 saturated carbocycles. The van der Waals surface area contributed by atoms with E-state index in [4.69, 9.17) is 10.7 Å². The van der Waals surface area contributed by atoms with Crippen LogP contribution in [-0.4, -0.2) is 11.9 Å². The van der Waals surface area contributed by atoms with Crippen LogP contribution in [0.25, 0.3) is 0 Å². The standard InChI is InChI=1S/C14H28N2/c1-5-6-11-7-9-12(10-8-11)16-13(15)14(2,3)4/h11-12H,5-10H2,1-4H3,(H2,15,16). The van der Waals surface area contributed by atoms with Gasteiger partial charge in [0, 0.05) is 5.41 Å². The van der Waals surface area contributed by atoms with Gasteiger partial charge in [-0.15, -0.1) is 0 Å².